The summed E-state index contributed by atoms with van der Waals surface area (Å²) in [6.45, 7) is 2.00. The summed E-state index contributed by atoms with van der Waals surface area (Å²) in [5.41, 5.74) is 6.82. The lowest BCUT2D eigenvalue weighted by Crippen LogP contribution is -2.15. The number of hydrogen-bond donors (Lipinski definition) is 1. The Morgan fingerprint density at radius 1 is 1.50 bits per heavy atom. The van der Waals surface area contributed by atoms with Gasteiger partial charge in [-0.2, -0.15) is 0 Å². The van der Waals surface area contributed by atoms with Gasteiger partial charge in [0.15, 0.2) is 0 Å². The molecular weight excluding hydrogens is 198 g/mol. The second kappa shape index (κ2) is 5.23. The summed E-state index contributed by atoms with van der Waals surface area (Å²) >= 11 is 5.99. The number of methoxy groups -OCH3 is 1. The van der Waals surface area contributed by atoms with Crippen LogP contribution in [-0.2, 0) is 6.42 Å². The predicted octanol–water partition coefficient (Wildman–Crippen LogP) is 2.63. The Hall–Kier alpha value is -0.730. The third-order valence-corrected chi connectivity index (χ3v) is 2.42. The Kier molecular flexibility index (Phi) is 4.23. The van der Waals surface area contributed by atoms with Gasteiger partial charge in [0.05, 0.1) is 12.1 Å². The molecular formula is C11H16ClNO. The molecule has 0 radical (unpaired) electrons. The minimum Gasteiger partial charge on any atom is -0.495 e. The molecule has 0 bridgehead atoms. The zero-order valence-corrected chi connectivity index (χ0v) is 9.34. The van der Waals surface area contributed by atoms with Crippen LogP contribution in [0.1, 0.15) is 18.9 Å². The van der Waals surface area contributed by atoms with Crippen molar-refractivity contribution in [3.8, 4) is 5.75 Å². The van der Waals surface area contributed by atoms with Crippen molar-refractivity contribution in [2.45, 2.75) is 25.8 Å². The maximum atomic E-state index is 5.99. The normalized spacial score (nSPS) is 12.6. The Morgan fingerprint density at radius 2 is 2.21 bits per heavy atom. The van der Waals surface area contributed by atoms with Crippen molar-refractivity contribution < 1.29 is 4.74 Å². The Labute approximate surface area is 90.0 Å². The van der Waals surface area contributed by atoms with Crippen LogP contribution in [0, 0.1) is 0 Å². The molecule has 0 fully saturated rings. The molecule has 0 aliphatic heterocycles. The summed E-state index contributed by atoms with van der Waals surface area (Å²) in [7, 11) is 1.64. The van der Waals surface area contributed by atoms with E-state index in [1.54, 1.807) is 7.11 Å². The van der Waals surface area contributed by atoms with Crippen LogP contribution in [-0.4, -0.2) is 13.2 Å². The van der Waals surface area contributed by atoms with E-state index >= 15 is 0 Å². The highest BCUT2D eigenvalue weighted by atomic mass is 35.5. The topological polar surface area (TPSA) is 35.2 Å². The summed E-state index contributed by atoms with van der Waals surface area (Å²) in [6.07, 6.45) is 1.85. The van der Waals surface area contributed by atoms with Crippen molar-refractivity contribution in [1.29, 1.82) is 0 Å². The minimum absolute atomic E-state index is 0.207. The molecule has 1 unspecified atom stereocenters. The molecule has 0 spiro atoms. The number of aryl methyl sites for hydroxylation is 1. The molecule has 1 aromatic rings. The van der Waals surface area contributed by atoms with Crippen molar-refractivity contribution in [1.82, 2.24) is 0 Å². The summed E-state index contributed by atoms with van der Waals surface area (Å²) in [4.78, 5) is 0. The quantitative estimate of drug-likeness (QED) is 0.835. The fourth-order valence-electron chi connectivity index (χ4n) is 1.36. The van der Waals surface area contributed by atoms with E-state index in [-0.39, 0.29) is 6.04 Å². The van der Waals surface area contributed by atoms with Gasteiger partial charge in [-0.15, -0.1) is 0 Å². The standard InChI is InChI=1S/C11H16ClNO/c1-8(13)6-7-9-4-3-5-10(12)11(9)14-2/h3-5,8H,6-7,13H2,1-2H3. The summed E-state index contributed by atoms with van der Waals surface area (Å²) in [5.74, 6) is 0.773. The highest BCUT2D eigenvalue weighted by molar-refractivity contribution is 6.32. The fraction of sp³-hybridized carbons (Fsp3) is 0.455. The zero-order chi connectivity index (χ0) is 10.6. The third-order valence-electron chi connectivity index (χ3n) is 2.12. The SMILES string of the molecule is COc1c(Cl)cccc1CCC(C)N. The molecule has 1 rings (SSSR count). The second-order valence-electron chi connectivity index (χ2n) is 3.45. The van der Waals surface area contributed by atoms with Gasteiger partial charge in [-0.25, -0.2) is 0 Å². The summed E-state index contributed by atoms with van der Waals surface area (Å²) < 4.78 is 5.24. The molecule has 0 aliphatic carbocycles. The molecule has 0 aromatic heterocycles. The lowest BCUT2D eigenvalue weighted by atomic mass is 10.1. The van der Waals surface area contributed by atoms with Crippen LogP contribution < -0.4 is 10.5 Å². The van der Waals surface area contributed by atoms with Crippen LogP contribution in [0.3, 0.4) is 0 Å². The first kappa shape index (κ1) is 11.3. The van der Waals surface area contributed by atoms with Crippen molar-refractivity contribution in [3.63, 3.8) is 0 Å². The number of nitrogens with two attached hydrogens (primary N) is 1. The molecule has 3 heteroatoms. The molecule has 2 N–H and O–H groups in total. The highest BCUT2D eigenvalue weighted by Crippen LogP contribution is 2.29. The van der Waals surface area contributed by atoms with Gasteiger partial charge in [-0.1, -0.05) is 23.7 Å². The molecule has 0 aliphatic rings. The molecule has 0 saturated carbocycles. The molecule has 78 valence electrons. The molecule has 0 amide bonds. The number of halogens is 1. The largest absolute Gasteiger partial charge is 0.495 e. The third kappa shape index (κ3) is 2.89. The monoisotopic (exact) mass is 213 g/mol. The Bertz CT molecular complexity index is 299. The van der Waals surface area contributed by atoms with Gasteiger partial charge in [-0.05, 0) is 31.4 Å². The average molecular weight is 214 g/mol. The summed E-state index contributed by atoms with van der Waals surface area (Å²) in [6, 6.07) is 5.99. The number of benzene rings is 1. The first-order valence-corrected chi connectivity index (χ1v) is 5.10. The molecule has 0 saturated heterocycles. The minimum atomic E-state index is 0.207. The van der Waals surface area contributed by atoms with E-state index < -0.39 is 0 Å². The van der Waals surface area contributed by atoms with E-state index in [1.165, 1.54) is 0 Å². The first-order chi connectivity index (χ1) is 6.65. The van der Waals surface area contributed by atoms with Gasteiger partial charge in [0.25, 0.3) is 0 Å². The predicted molar refractivity (Wildman–Crippen MR) is 60.0 cm³/mol. The molecule has 0 heterocycles. The second-order valence-corrected chi connectivity index (χ2v) is 3.86. The maximum absolute atomic E-state index is 5.99. The number of rotatable bonds is 4. The number of ether oxygens (including phenoxy) is 1. The summed E-state index contributed by atoms with van der Waals surface area (Å²) in [5, 5.41) is 0.662. The van der Waals surface area contributed by atoms with Crippen LogP contribution in [0.25, 0.3) is 0 Å². The number of para-hydroxylation sites is 1. The van der Waals surface area contributed by atoms with Crippen molar-refractivity contribution in [2.24, 2.45) is 5.73 Å². The lowest BCUT2D eigenvalue weighted by molar-refractivity contribution is 0.409. The highest BCUT2D eigenvalue weighted by Gasteiger charge is 2.07. The van der Waals surface area contributed by atoms with Crippen LogP contribution in [0.2, 0.25) is 5.02 Å². The van der Waals surface area contributed by atoms with E-state index in [4.69, 9.17) is 22.1 Å². The fourth-order valence-corrected chi connectivity index (χ4v) is 1.63. The molecule has 1 atom stereocenters. The van der Waals surface area contributed by atoms with E-state index in [9.17, 15) is 0 Å². The molecule has 1 aromatic carbocycles. The van der Waals surface area contributed by atoms with Crippen LogP contribution in [0.15, 0.2) is 18.2 Å². The van der Waals surface area contributed by atoms with Crippen LogP contribution in [0.4, 0.5) is 0 Å². The Morgan fingerprint density at radius 3 is 2.79 bits per heavy atom. The van der Waals surface area contributed by atoms with Crippen molar-refractivity contribution in [3.05, 3.63) is 28.8 Å². The van der Waals surface area contributed by atoms with Crippen LogP contribution >= 0.6 is 11.6 Å². The van der Waals surface area contributed by atoms with E-state index in [0.29, 0.717) is 5.02 Å². The average Bonchev–Trinajstić information content (AvgIpc) is 2.14. The van der Waals surface area contributed by atoms with E-state index in [2.05, 4.69) is 0 Å². The molecule has 14 heavy (non-hydrogen) atoms. The van der Waals surface area contributed by atoms with Gasteiger partial charge < -0.3 is 10.5 Å². The van der Waals surface area contributed by atoms with E-state index in [0.717, 1.165) is 24.2 Å². The lowest BCUT2D eigenvalue weighted by Gasteiger charge is -2.10. The van der Waals surface area contributed by atoms with Gasteiger partial charge in [0.2, 0.25) is 0 Å². The van der Waals surface area contributed by atoms with Gasteiger partial charge in [-0.3, -0.25) is 0 Å². The van der Waals surface area contributed by atoms with Gasteiger partial charge >= 0.3 is 0 Å². The first-order valence-electron chi connectivity index (χ1n) is 4.72. The van der Waals surface area contributed by atoms with Gasteiger partial charge in [0, 0.05) is 6.04 Å². The van der Waals surface area contributed by atoms with Crippen LogP contribution in [0.5, 0.6) is 5.75 Å². The molecule has 2 nitrogen and oxygen atoms in total. The number of hydrogen-bond acceptors (Lipinski definition) is 2. The zero-order valence-electron chi connectivity index (χ0n) is 8.59. The van der Waals surface area contributed by atoms with Gasteiger partial charge in [0.1, 0.15) is 5.75 Å². The van der Waals surface area contributed by atoms with Crippen molar-refractivity contribution in [2.75, 3.05) is 7.11 Å². The van der Waals surface area contributed by atoms with E-state index in [1.807, 2.05) is 25.1 Å². The van der Waals surface area contributed by atoms with Crippen molar-refractivity contribution >= 4 is 11.6 Å². The maximum Gasteiger partial charge on any atom is 0.140 e. The smallest absolute Gasteiger partial charge is 0.140 e. The Balaban J connectivity index is 2.80.